The minimum absolute atomic E-state index is 0.123. The van der Waals surface area contributed by atoms with Crippen molar-refractivity contribution < 1.29 is 26.3 Å². The third-order valence-corrected chi connectivity index (χ3v) is 4.55. The topological polar surface area (TPSA) is 41.6 Å². The van der Waals surface area contributed by atoms with Gasteiger partial charge in [0, 0.05) is 24.4 Å². The fourth-order valence-electron chi connectivity index (χ4n) is 2.57. The van der Waals surface area contributed by atoms with Crippen LogP contribution in [0.15, 0.2) is 46.2 Å². The number of nitrogens with zero attached hydrogens (tertiary/aromatic N) is 2. The van der Waals surface area contributed by atoms with Gasteiger partial charge in [0.05, 0.1) is 5.56 Å². The fraction of sp³-hybridized carbons (Fsp3) is 0.353. The third kappa shape index (κ3) is 4.97. The number of nitrogens with two attached hydrogens (primary N) is 1. The van der Waals surface area contributed by atoms with Gasteiger partial charge in [-0.15, -0.1) is 0 Å². The molecule has 1 aliphatic rings. The molecule has 2 N–H and O–H groups in total. The van der Waals surface area contributed by atoms with E-state index in [1.807, 2.05) is 0 Å². The molecular weight excluding hydrogens is 396 g/mol. The fourth-order valence-corrected chi connectivity index (χ4v) is 2.77. The number of alkyl halides is 6. The second kappa shape index (κ2) is 7.46. The highest BCUT2D eigenvalue weighted by atomic mass is 35.5. The summed E-state index contributed by atoms with van der Waals surface area (Å²) in [6.07, 6.45) is -8.82. The second-order valence-electron chi connectivity index (χ2n) is 6.01. The zero-order valence-electron chi connectivity index (χ0n) is 14.2. The summed E-state index contributed by atoms with van der Waals surface area (Å²) in [6.45, 7) is 5.75. The van der Waals surface area contributed by atoms with E-state index in [1.165, 1.54) is 13.0 Å². The van der Waals surface area contributed by atoms with Gasteiger partial charge in [0.15, 0.2) is 0 Å². The van der Waals surface area contributed by atoms with E-state index in [4.69, 9.17) is 17.3 Å². The molecule has 0 radical (unpaired) electrons. The number of hydrogen-bond donors (Lipinski definition) is 1. The first-order valence-electron chi connectivity index (χ1n) is 7.71. The van der Waals surface area contributed by atoms with Crippen LogP contribution in [0.2, 0.25) is 0 Å². The first kappa shape index (κ1) is 21.1. The summed E-state index contributed by atoms with van der Waals surface area (Å²) in [5.74, 6) is -1.60. The standard InChI is InChI=1S/C17H16ClF6N3/c1-9(14(18)26-15(25)17(22,23)24)10(2)27-6-5-11-3-4-13(16(19,20)21)7-12(11)8-27/h3-4,7H,2,5-6,8H2,1H3,(H2,25,26)/b14-9-. The summed E-state index contributed by atoms with van der Waals surface area (Å²) >= 11 is 5.81. The average molecular weight is 412 g/mol. The van der Waals surface area contributed by atoms with Crippen molar-refractivity contribution in [2.45, 2.75) is 32.2 Å². The van der Waals surface area contributed by atoms with Crippen molar-refractivity contribution in [3.63, 3.8) is 0 Å². The molecule has 0 unspecified atom stereocenters. The second-order valence-corrected chi connectivity index (χ2v) is 6.37. The lowest BCUT2D eigenvalue weighted by atomic mass is 9.96. The Kier molecular flexibility index (Phi) is 5.84. The summed E-state index contributed by atoms with van der Waals surface area (Å²) in [5, 5.41) is -0.482. The predicted octanol–water partition coefficient (Wildman–Crippen LogP) is 4.97. The highest BCUT2D eigenvalue weighted by Crippen LogP contribution is 2.33. The van der Waals surface area contributed by atoms with Gasteiger partial charge in [-0.2, -0.15) is 26.3 Å². The Balaban J connectivity index is 2.25. The van der Waals surface area contributed by atoms with E-state index < -0.39 is 28.9 Å². The van der Waals surface area contributed by atoms with Crippen LogP contribution in [0.25, 0.3) is 0 Å². The lowest BCUT2D eigenvalue weighted by molar-refractivity contribution is -0.137. The van der Waals surface area contributed by atoms with Gasteiger partial charge in [0.1, 0.15) is 5.16 Å². The first-order valence-corrected chi connectivity index (χ1v) is 8.09. The molecule has 3 nitrogen and oxygen atoms in total. The molecule has 0 spiro atoms. The zero-order chi connectivity index (χ0) is 20.6. The molecule has 0 aliphatic carbocycles. The average Bonchev–Trinajstić information content (AvgIpc) is 2.57. The van der Waals surface area contributed by atoms with Crippen molar-refractivity contribution in [1.29, 1.82) is 0 Å². The van der Waals surface area contributed by atoms with Gasteiger partial charge in [-0.1, -0.05) is 24.2 Å². The predicted molar refractivity (Wildman–Crippen MR) is 90.9 cm³/mol. The van der Waals surface area contributed by atoms with Gasteiger partial charge in [-0.25, -0.2) is 4.99 Å². The third-order valence-electron chi connectivity index (χ3n) is 4.18. The van der Waals surface area contributed by atoms with Crippen LogP contribution in [-0.4, -0.2) is 23.5 Å². The molecule has 148 valence electrons. The molecule has 1 aromatic rings. The van der Waals surface area contributed by atoms with Crippen LogP contribution >= 0.6 is 11.6 Å². The van der Waals surface area contributed by atoms with E-state index in [-0.39, 0.29) is 17.8 Å². The largest absolute Gasteiger partial charge is 0.449 e. The van der Waals surface area contributed by atoms with E-state index in [0.29, 0.717) is 18.5 Å². The lowest BCUT2D eigenvalue weighted by Crippen LogP contribution is -2.32. The van der Waals surface area contributed by atoms with Gasteiger partial charge in [-0.05, 0) is 36.6 Å². The van der Waals surface area contributed by atoms with Crippen LogP contribution in [0, 0.1) is 0 Å². The molecule has 10 heteroatoms. The van der Waals surface area contributed by atoms with E-state index in [0.717, 1.165) is 17.7 Å². The van der Waals surface area contributed by atoms with Crippen LogP contribution in [0.3, 0.4) is 0 Å². The Hall–Kier alpha value is -2.16. The van der Waals surface area contributed by atoms with E-state index in [2.05, 4.69) is 11.6 Å². The molecule has 0 saturated carbocycles. The molecule has 1 aliphatic heterocycles. The van der Waals surface area contributed by atoms with Crippen LogP contribution < -0.4 is 5.73 Å². The van der Waals surface area contributed by atoms with Gasteiger partial charge in [0.25, 0.3) is 0 Å². The highest BCUT2D eigenvalue weighted by Gasteiger charge is 2.34. The molecule has 1 aromatic carbocycles. The van der Waals surface area contributed by atoms with Crippen molar-refractivity contribution in [2.24, 2.45) is 10.7 Å². The Morgan fingerprint density at radius 2 is 1.81 bits per heavy atom. The first-order chi connectivity index (χ1) is 12.3. The molecule has 0 amide bonds. The number of aliphatic imine (C=N–C) groups is 1. The number of amidine groups is 1. The molecule has 0 aromatic heterocycles. The van der Waals surface area contributed by atoms with Crippen LogP contribution in [-0.2, 0) is 19.1 Å². The molecule has 2 rings (SSSR count). The quantitative estimate of drug-likeness (QED) is 0.251. The minimum atomic E-state index is -4.82. The summed E-state index contributed by atoms with van der Waals surface area (Å²) in [6, 6.07) is 3.53. The summed E-state index contributed by atoms with van der Waals surface area (Å²) < 4.78 is 76.1. The van der Waals surface area contributed by atoms with Gasteiger partial charge < -0.3 is 10.6 Å². The normalized spacial score (nSPS) is 16.7. The van der Waals surface area contributed by atoms with E-state index >= 15 is 0 Å². The van der Waals surface area contributed by atoms with Gasteiger partial charge in [0.2, 0.25) is 5.84 Å². The Bertz CT molecular complexity index is 808. The molecule has 0 atom stereocenters. The Morgan fingerprint density at radius 3 is 2.37 bits per heavy atom. The zero-order valence-corrected chi connectivity index (χ0v) is 14.9. The van der Waals surface area contributed by atoms with Crippen molar-refractivity contribution in [2.75, 3.05) is 6.54 Å². The number of benzene rings is 1. The van der Waals surface area contributed by atoms with Crippen LogP contribution in [0.1, 0.15) is 23.6 Å². The monoisotopic (exact) mass is 411 g/mol. The smallest absolute Gasteiger partial charge is 0.380 e. The van der Waals surface area contributed by atoms with E-state index in [1.54, 1.807) is 4.90 Å². The van der Waals surface area contributed by atoms with Crippen molar-refractivity contribution >= 4 is 17.4 Å². The van der Waals surface area contributed by atoms with Crippen molar-refractivity contribution in [1.82, 2.24) is 4.90 Å². The number of rotatable bonds is 3. The Morgan fingerprint density at radius 1 is 1.19 bits per heavy atom. The maximum atomic E-state index is 12.9. The molecule has 1 heterocycles. The van der Waals surface area contributed by atoms with Gasteiger partial charge >= 0.3 is 12.4 Å². The molecule has 0 saturated heterocycles. The van der Waals surface area contributed by atoms with E-state index in [9.17, 15) is 26.3 Å². The van der Waals surface area contributed by atoms with Gasteiger partial charge in [-0.3, -0.25) is 0 Å². The SMILES string of the molecule is C=C(/C(C)=C(/Cl)N=C(N)C(F)(F)F)N1CCc2ccc(C(F)(F)F)cc2C1. The Labute approximate surface area is 156 Å². The summed E-state index contributed by atoms with van der Waals surface area (Å²) in [7, 11) is 0. The highest BCUT2D eigenvalue weighted by molar-refractivity contribution is 6.30. The lowest BCUT2D eigenvalue weighted by Gasteiger charge is -2.33. The number of halogens is 7. The maximum absolute atomic E-state index is 12.9. The number of hydrogen-bond acceptors (Lipinski definition) is 2. The van der Waals surface area contributed by atoms with Crippen LogP contribution in [0.4, 0.5) is 26.3 Å². The van der Waals surface area contributed by atoms with Crippen LogP contribution in [0.5, 0.6) is 0 Å². The summed E-state index contributed by atoms with van der Waals surface area (Å²) in [5.41, 5.74) is 5.75. The van der Waals surface area contributed by atoms with Crippen molar-refractivity contribution in [3.8, 4) is 0 Å². The summed E-state index contributed by atoms with van der Waals surface area (Å²) in [4.78, 5) is 4.77. The molecule has 0 bridgehead atoms. The molecule has 27 heavy (non-hydrogen) atoms. The number of fused-ring (bicyclic) bond motifs is 1. The number of allylic oxidation sites excluding steroid dienone is 1. The maximum Gasteiger partial charge on any atom is 0.449 e. The molecular formula is C17H16ClF6N3. The minimum Gasteiger partial charge on any atom is -0.380 e. The molecule has 0 fully saturated rings. The van der Waals surface area contributed by atoms with Crippen molar-refractivity contribution in [3.05, 3.63) is 57.9 Å².